The van der Waals surface area contributed by atoms with Crippen molar-refractivity contribution in [3.8, 4) is 22.9 Å². The van der Waals surface area contributed by atoms with Crippen molar-refractivity contribution in [2.45, 2.75) is 36.7 Å². The minimum atomic E-state index is 0.124. The molecule has 1 saturated heterocycles. The van der Waals surface area contributed by atoms with E-state index in [1.807, 2.05) is 47.4 Å². The fourth-order valence-corrected chi connectivity index (χ4v) is 5.07. The number of nitrogens with zero attached hydrogens (tertiary/aromatic N) is 4. The molecule has 35 heavy (non-hydrogen) atoms. The normalized spacial score (nSPS) is 13.3. The van der Waals surface area contributed by atoms with Gasteiger partial charge < -0.3 is 23.7 Å². The Morgan fingerprint density at radius 3 is 2.40 bits per heavy atom. The van der Waals surface area contributed by atoms with E-state index in [2.05, 4.69) is 14.8 Å². The summed E-state index contributed by atoms with van der Waals surface area (Å²) in [4.78, 5) is 14.5. The number of rotatable bonds is 11. The molecule has 0 bridgehead atoms. The van der Waals surface area contributed by atoms with Crippen LogP contribution in [-0.4, -0.2) is 66.6 Å². The zero-order valence-electron chi connectivity index (χ0n) is 20.5. The lowest BCUT2D eigenvalue weighted by atomic mass is 10.1. The Balaban J connectivity index is 1.50. The molecule has 4 rings (SSSR count). The van der Waals surface area contributed by atoms with Crippen molar-refractivity contribution in [2.24, 2.45) is 0 Å². The summed E-state index contributed by atoms with van der Waals surface area (Å²) >= 11 is 1.63. The van der Waals surface area contributed by atoms with Crippen molar-refractivity contribution in [3.05, 3.63) is 53.6 Å². The molecule has 0 saturated carbocycles. The maximum Gasteiger partial charge on any atom is 0.253 e. The van der Waals surface area contributed by atoms with Crippen LogP contribution < -0.4 is 9.47 Å². The third-order valence-corrected chi connectivity index (χ3v) is 7.09. The van der Waals surface area contributed by atoms with Crippen LogP contribution in [0.5, 0.6) is 11.5 Å². The summed E-state index contributed by atoms with van der Waals surface area (Å²) in [5.41, 5.74) is 2.79. The van der Waals surface area contributed by atoms with Gasteiger partial charge in [0.05, 0.1) is 14.2 Å². The number of methoxy groups -OCH3 is 3. The number of likely N-dealkylation sites (tertiary alicyclic amines) is 1. The van der Waals surface area contributed by atoms with Gasteiger partial charge in [0.25, 0.3) is 5.91 Å². The predicted molar refractivity (Wildman–Crippen MR) is 136 cm³/mol. The molecule has 9 heteroatoms. The highest BCUT2D eigenvalue weighted by atomic mass is 32.2. The topological polar surface area (TPSA) is 78.7 Å². The molecule has 186 valence electrons. The molecular formula is C26H32N4O4S. The number of amides is 1. The number of ether oxygens (including phenoxy) is 3. The molecule has 1 aliphatic heterocycles. The van der Waals surface area contributed by atoms with Gasteiger partial charge in [-0.2, -0.15) is 0 Å². The molecule has 0 unspecified atom stereocenters. The van der Waals surface area contributed by atoms with Gasteiger partial charge in [-0.1, -0.05) is 23.9 Å². The molecule has 0 radical (unpaired) electrons. The second-order valence-corrected chi connectivity index (χ2v) is 9.30. The Labute approximate surface area is 210 Å². The summed E-state index contributed by atoms with van der Waals surface area (Å²) in [6, 6.07) is 13.7. The van der Waals surface area contributed by atoms with Gasteiger partial charge in [-0.25, -0.2) is 0 Å². The largest absolute Gasteiger partial charge is 0.493 e. The highest BCUT2D eigenvalue weighted by Crippen LogP contribution is 2.33. The molecule has 0 atom stereocenters. The zero-order chi connectivity index (χ0) is 24.6. The van der Waals surface area contributed by atoms with Gasteiger partial charge in [0, 0.05) is 50.2 Å². The molecule has 2 heterocycles. The van der Waals surface area contributed by atoms with Crippen LogP contribution in [0.3, 0.4) is 0 Å². The van der Waals surface area contributed by atoms with E-state index in [-0.39, 0.29) is 5.91 Å². The van der Waals surface area contributed by atoms with Gasteiger partial charge >= 0.3 is 0 Å². The van der Waals surface area contributed by atoms with Crippen LogP contribution in [0.4, 0.5) is 0 Å². The smallest absolute Gasteiger partial charge is 0.253 e. The van der Waals surface area contributed by atoms with E-state index in [0.29, 0.717) is 18.1 Å². The highest BCUT2D eigenvalue weighted by Gasteiger charge is 2.20. The number of carbonyl (C=O) groups is 1. The van der Waals surface area contributed by atoms with Crippen LogP contribution >= 0.6 is 11.8 Å². The highest BCUT2D eigenvalue weighted by molar-refractivity contribution is 7.98. The molecule has 1 aliphatic rings. The summed E-state index contributed by atoms with van der Waals surface area (Å²) in [7, 11) is 4.94. The molecule has 1 amide bonds. The molecule has 3 aromatic rings. The Bertz CT molecular complexity index is 1130. The third-order valence-electron chi connectivity index (χ3n) is 6.05. The maximum atomic E-state index is 12.6. The predicted octanol–water partition coefficient (Wildman–Crippen LogP) is 4.53. The fourth-order valence-electron chi connectivity index (χ4n) is 4.15. The van der Waals surface area contributed by atoms with Crippen molar-refractivity contribution in [1.29, 1.82) is 0 Å². The second kappa shape index (κ2) is 12.1. The molecule has 1 aromatic heterocycles. The lowest BCUT2D eigenvalue weighted by Crippen LogP contribution is -2.27. The van der Waals surface area contributed by atoms with Crippen molar-refractivity contribution in [2.75, 3.05) is 41.0 Å². The number of benzene rings is 2. The van der Waals surface area contributed by atoms with Gasteiger partial charge in [-0.3, -0.25) is 4.79 Å². The molecule has 2 aromatic carbocycles. The molecule has 0 spiro atoms. The number of hydrogen-bond donors (Lipinski definition) is 0. The summed E-state index contributed by atoms with van der Waals surface area (Å²) in [5.74, 6) is 2.94. The Morgan fingerprint density at radius 2 is 1.71 bits per heavy atom. The van der Waals surface area contributed by atoms with Crippen LogP contribution in [-0.2, 0) is 17.0 Å². The fraction of sp³-hybridized carbons (Fsp3) is 0.423. The Hall–Kier alpha value is -3.04. The van der Waals surface area contributed by atoms with Crippen LogP contribution in [0.25, 0.3) is 11.4 Å². The lowest BCUT2D eigenvalue weighted by molar-refractivity contribution is 0.0793. The second-order valence-electron chi connectivity index (χ2n) is 8.36. The maximum absolute atomic E-state index is 12.6. The zero-order valence-corrected chi connectivity index (χ0v) is 21.3. The van der Waals surface area contributed by atoms with Crippen molar-refractivity contribution >= 4 is 17.7 Å². The van der Waals surface area contributed by atoms with E-state index >= 15 is 0 Å². The van der Waals surface area contributed by atoms with Gasteiger partial charge in [0.2, 0.25) is 0 Å². The molecule has 0 aliphatic carbocycles. The van der Waals surface area contributed by atoms with Crippen molar-refractivity contribution < 1.29 is 19.0 Å². The van der Waals surface area contributed by atoms with E-state index in [4.69, 9.17) is 14.2 Å². The average Bonchev–Trinajstić information content (AvgIpc) is 3.58. The van der Waals surface area contributed by atoms with Gasteiger partial charge in [-0.05, 0) is 55.2 Å². The molecule has 0 N–H and O–H groups in total. The van der Waals surface area contributed by atoms with E-state index in [0.717, 1.165) is 72.3 Å². The summed E-state index contributed by atoms with van der Waals surface area (Å²) in [6.07, 6.45) is 3.03. The standard InChI is InChI=1S/C26H32N4O4S/c1-32-16-6-15-30-24(21-11-12-22(33-2)23(17-21)34-3)27-28-26(30)35-18-19-7-9-20(10-8-19)25(31)29-13-4-5-14-29/h7-12,17H,4-6,13-16,18H2,1-3H3. The first-order valence-electron chi connectivity index (χ1n) is 11.8. The molecule has 1 fully saturated rings. The van der Waals surface area contributed by atoms with Crippen LogP contribution in [0.2, 0.25) is 0 Å². The van der Waals surface area contributed by atoms with E-state index in [9.17, 15) is 4.79 Å². The first-order chi connectivity index (χ1) is 17.1. The summed E-state index contributed by atoms with van der Waals surface area (Å²) in [5, 5.41) is 9.82. The number of thioether (sulfide) groups is 1. The van der Waals surface area contributed by atoms with Crippen molar-refractivity contribution in [3.63, 3.8) is 0 Å². The summed E-state index contributed by atoms with van der Waals surface area (Å²) < 4.78 is 18.2. The van der Waals surface area contributed by atoms with Crippen molar-refractivity contribution in [1.82, 2.24) is 19.7 Å². The van der Waals surface area contributed by atoms with E-state index in [1.54, 1.807) is 33.1 Å². The van der Waals surface area contributed by atoms with Crippen LogP contribution in [0.1, 0.15) is 35.2 Å². The minimum absolute atomic E-state index is 0.124. The first kappa shape index (κ1) is 25.1. The SMILES string of the molecule is COCCCn1c(SCc2ccc(C(=O)N3CCCC3)cc2)nnc1-c1ccc(OC)c(OC)c1. The Kier molecular flexibility index (Phi) is 8.65. The number of hydrogen-bond acceptors (Lipinski definition) is 7. The van der Waals surface area contributed by atoms with E-state index < -0.39 is 0 Å². The van der Waals surface area contributed by atoms with Gasteiger partial charge in [-0.15, -0.1) is 10.2 Å². The average molecular weight is 497 g/mol. The molecular weight excluding hydrogens is 464 g/mol. The van der Waals surface area contributed by atoms with Crippen LogP contribution in [0, 0.1) is 0 Å². The molecule has 8 nitrogen and oxygen atoms in total. The van der Waals surface area contributed by atoms with Crippen LogP contribution in [0.15, 0.2) is 47.6 Å². The third kappa shape index (κ3) is 5.97. The number of aromatic nitrogens is 3. The lowest BCUT2D eigenvalue weighted by Gasteiger charge is -2.15. The van der Waals surface area contributed by atoms with Gasteiger partial charge in [0.1, 0.15) is 0 Å². The quantitative estimate of drug-likeness (QED) is 0.285. The monoisotopic (exact) mass is 496 g/mol. The first-order valence-corrected chi connectivity index (χ1v) is 12.8. The minimum Gasteiger partial charge on any atom is -0.493 e. The van der Waals surface area contributed by atoms with E-state index in [1.165, 1.54) is 0 Å². The Morgan fingerprint density at radius 1 is 0.971 bits per heavy atom. The summed E-state index contributed by atoms with van der Waals surface area (Å²) in [6.45, 7) is 3.10. The van der Waals surface area contributed by atoms with Gasteiger partial charge in [0.15, 0.2) is 22.5 Å². The number of carbonyl (C=O) groups excluding carboxylic acids is 1.